The molecule has 0 bridgehead atoms. The number of halogens is 3. The van der Waals surface area contributed by atoms with E-state index >= 15 is 0 Å². The molecule has 2 aromatic rings. The van der Waals surface area contributed by atoms with Gasteiger partial charge in [0.15, 0.2) is 0 Å². The second-order valence-corrected chi connectivity index (χ2v) is 11.5. The van der Waals surface area contributed by atoms with Crippen LogP contribution in [0.2, 0.25) is 10.0 Å². The van der Waals surface area contributed by atoms with Gasteiger partial charge >= 0.3 is 7.12 Å². The summed E-state index contributed by atoms with van der Waals surface area (Å²) in [5, 5.41) is 12.9. The fraction of sp³-hybridized carbons (Fsp3) is 0.364. The van der Waals surface area contributed by atoms with E-state index in [-0.39, 0.29) is 0 Å². The molecule has 2 atom stereocenters. The van der Waals surface area contributed by atoms with Crippen LogP contribution in [0, 0.1) is 5.41 Å². The number of aromatic nitrogens is 1. The van der Waals surface area contributed by atoms with Gasteiger partial charge in [-0.25, -0.2) is 0 Å². The Bertz CT molecular complexity index is 1030. The van der Waals surface area contributed by atoms with Crippen LogP contribution < -0.4 is 9.82 Å². The van der Waals surface area contributed by atoms with Gasteiger partial charge in [0.25, 0.3) is 0 Å². The topological polar surface area (TPSA) is 76.5 Å². The highest BCUT2D eigenvalue weighted by atomic mass is 127. The summed E-state index contributed by atoms with van der Waals surface area (Å²) in [7, 11) is -0.520. The number of anilines is 1. The van der Waals surface area contributed by atoms with Gasteiger partial charge in [0.05, 0.1) is 27.0 Å². The third kappa shape index (κ3) is 6.22. The molecule has 2 unspecified atom stereocenters. The number of pyridine rings is 1. The first-order valence-electron chi connectivity index (χ1n) is 10.3. The standard InChI is InChI=1S/C22H26BCl2IN3O3P/c1-13(20-16(24)11-28-12-17(20)25)30-14-6-7-19(29-33-26)15(10-14)18(27)8-9-23-31-21(2,3)22(4,5)32-23/h6-13,27,29,33H,1-5H3/b9-8+,27-18?. The molecule has 1 aliphatic heterocycles. The molecule has 2 heterocycles. The first-order valence-corrected chi connectivity index (χ1v) is 15.2. The Morgan fingerprint density at radius 1 is 1.21 bits per heavy atom. The van der Waals surface area contributed by atoms with Gasteiger partial charge in [-0.05, 0) is 80.9 Å². The third-order valence-electron chi connectivity index (χ3n) is 5.76. The summed E-state index contributed by atoms with van der Waals surface area (Å²) in [6.45, 7) is 9.86. The van der Waals surface area contributed by atoms with Gasteiger partial charge in [-0.1, -0.05) is 29.2 Å². The van der Waals surface area contributed by atoms with Gasteiger partial charge in [0, 0.05) is 35.6 Å². The Balaban J connectivity index is 1.82. The summed E-state index contributed by atoms with van der Waals surface area (Å²) in [6, 6.07) is 5.58. The summed E-state index contributed by atoms with van der Waals surface area (Å²) in [5.41, 5.74) is 1.65. The van der Waals surface area contributed by atoms with E-state index in [1.165, 1.54) is 0 Å². The van der Waals surface area contributed by atoms with Crippen molar-refractivity contribution in [3.05, 3.63) is 63.8 Å². The Morgan fingerprint density at radius 2 is 1.82 bits per heavy atom. The van der Waals surface area contributed by atoms with Crippen molar-refractivity contribution in [3.63, 3.8) is 0 Å². The van der Waals surface area contributed by atoms with E-state index in [0.29, 0.717) is 39.0 Å². The Labute approximate surface area is 220 Å². The molecule has 0 saturated carbocycles. The number of nitrogens with zero attached hydrogens (tertiary/aromatic N) is 1. The van der Waals surface area contributed by atoms with E-state index in [9.17, 15) is 0 Å². The van der Waals surface area contributed by atoms with Crippen LogP contribution in [0.25, 0.3) is 0 Å². The van der Waals surface area contributed by atoms with Gasteiger partial charge in [0.1, 0.15) is 11.9 Å². The normalized spacial score (nSPS) is 18.2. The molecule has 1 fully saturated rings. The summed E-state index contributed by atoms with van der Waals surface area (Å²) < 4.78 is 18.1. The van der Waals surface area contributed by atoms with E-state index in [1.807, 2.05) is 52.8 Å². The lowest BCUT2D eigenvalue weighted by molar-refractivity contribution is 0.00578. The third-order valence-corrected chi connectivity index (χ3v) is 7.54. The van der Waals surface area contributed by atoms with Crippen LogP contribution in [0.4, 0.5) is 5.69 Å². The minimum atomic E-state index is -0.520. The summed E-state index contributed by atoms with van der Waals surface area (Å²) >= 11 is 14.8. The fourth-order valence-electron chi connectivity index (χ4n) is 3.28. The zero-order valence-electron chi connectivity index (χ0n) is 19.0. The maximum absolute atomic E-state index is 8.68. The number of rotatable bonds is 8. The summed E-state index contributed by atoms with van der Waals surface area (Å²) in [6.07, 6.45) is 4.83. The molecule has 1 saturated heterocycles. The van der Waals surface area contributed by atoms with E-state index in [1.54, 1.807) is 24.4 Å². The molecule has 0 aliphatic carbocycles. The monoisotopic (exact) mass is 619 g/mol. The lowest BCUT2D eigenvalue weighted by atomic mass is 9.88. The average Bonchev–Trinajstić information content (AvgIpc) is 2.93. The van der Waals surface area contributed by atoms with E-state index < -0.39 is 24.4 Å². The van der Waals surface area contributed by atoms with Crippen LogP contribution in [0.3, 0.4) is 0 Å². The number of hydrogen-bond acceptors (Lipinski definition) is 6. The molecule has 1 aliphatic rings. The first-order chi connectivity index (χ1) is 15.4. The molecule has 11 heteroatoms. The quantitative estimate of drug-likeness (QED) is 0.139. The average molecular weight is 620 g/mol. The van der Waals surface area contributed by atoms with Crippen molar-refractivity contribution in [1.29, 1.82) is 5.41 Å². The maximum atomic E-state index is 8.68. The van der Waals surface area contributed by atoms with Gasteiger partial charge in [0.2, 0.25) is 0 Å². The molecule has 3 rings (SSSR count). The van der Waals surface area contributed by atoms with E-state index in [4.69, 9.17) is 42.7 Å². The summed E-state index contributed by atoms with van der Waals surface area (Å²) in [5.74, 6) is 2.36. The van der Waals surface area contributed by atoms with Crippen LogP contribution >= 0.6 is 51.6 Å². The fourth-order valence-corrected chi connectivity index (χ4v) is 5.15. The number of allylic oxidation sites excluding steroid dienone is 1. The van der Waals surface area contributed by atoms with Crippen molar-refractivity contribution in [1.82, 2.24) is 4.98 Å². The van der Waals surface area contributed by atoms with Crippen LogP contribution in [0.15, 0.2) is 42.6 Å². The van der Waals surface area contributed by atoms with Crippen LogP contribution in [0.1, 0.15) is 51.8 Å². The molecule has 1 aromatic carbocycles. The van der Waals surface area contributed by atoms with Gasteiger partial charge in [-0.3, -0.25) is 4.98 Å². The minimum Gasteiger partial charge on any atom is -0.486 e. The molecular formula is C22H26BCl2IN3O3P. The molecule has 2 N–H and O–H groups in total. The maximum Gasteiger partial charge on any atom is 0.487 e. The van der Waals surface area contributed by atoms with Gasteiger partial charge in [-0.15, -0.1) is 0 Å². The van der Waals surface area contributed by atoms with Crippen LogP contribution in [0.5, 0.6) is 5.75 Å². The second-order valence-electron chi connectivity index (χ2n) is 8.60. The Morgan fingerprint density at radius 3 is 2.39 bits per heavy atom. The second kappa shape index (κ2) is 10.8. The lowest BCUT2D eigenvalue weighted by Gasteiger charge is -2.32. The van der Waals surface area contributed by atoms with E-state index in [0.717, 1.165) is 5.69 Å². The highest BCUT2D eigenvalue weighted by Gasteiger charge is 2.50. The zero-order valence-corrected chi connectivity index (χ0v) is 23.7. The molecule has 0 spiro atoms. The largest absolute Gasteiger partial charge is 0.487 e. The highest BCUT2D eigenvalue weighted by molar-refractivity contribution is 14.2. The van der Waals surface area contributed by atoms with Crippen molar-refractivity contribution >= 4 is 70.1 Å². The number of ether oxygens (including phenoxy) is 1. The lowest BCUT2D eigenvalue weighted by Crippen LogP contribution is -2.41. The Kier molecular flexibility index (Phi) is 8.73. The van der Waals surface area contributed by atoms with Crippen molar-refractivity contribution in [2.45, 2.75) is 51.9 Å². The minimum absolute atomic E-state index is 0.306. The summed E-state index contributed by atoms with van der Waals surface area (Å²) in [4.78, 5) is 3.99. The number of nitrogens with one attached hydrogen (secondary N) is 2. The van der Waals surface area contributed by atoms with Gasteiger partial charge in [-0.2, -0.15) is 0 Å². The van der Waals surface area contributed by atoms with Crippen molar-refractivity contribution in [3.8, 4) is 5.75 Å². The SMILES string of the molecule is CC(Oc1ccc(NPI)c(C(=N)/C=C/B2OC(C)(C)C(C)(C)O2)c1)c1c(Cl)cncc1Cl. The van der Waals surface area contributed by atoms with Crippen molar-refractivity contribution < 1.29 is 14.0 Å². The molecule has 176 valence electrons. The number of hydrogen-bond donors (Lipinski definition) is 2. The molecule has 6 nitrogen and oxygen atoms in total. The molecule has 1 aromatic heterocycles. The van der Waals surface area contributed by atoms with E-state index in [2.05, 4.69) is 32.1 Å². The van der Waals surface area contributed by atoms with Crippen LogP contribution in [-0.2, 0) is 9.31 Å². The number of benzene rings is 1. The predicted molar refractivity (Wildman–Crippen MR) is 148 cm³/mol. The smallest absolute Gasteiger partial charge is 0.486 e. The van der Waals surface area contributed by atoms with Gasteiger partial charge < -0.3 is 24.5 Å². The highest BCUT2D eigenvalue weighted by Crippen LogP contribution is 2.37. The Hall–Kier alpha value is -0.895. The predicted octanol–water partition coefficient (Wildman–Crippen LogP) is 7.44. The van der Waals surface area contributed by atoms with Crippen LogP contribution in [-0.4, -0.2) is 29.0 Å². The molecule has 33 heavy (non-hydrogen) atoms. The van der Waals surface area contributed by atoms with Crippen molar-refractivity contribution in [2.75, 3.05) is 5.09 Å². The molecule has 0 radical (unpaired) electrons. The zero-order chi connectivity index (χ0) is 24.4. The molecular weight excluding hydrogens is 594 g/mol. The van der Waals surface area contributed by atoms with Crippen molar-refractivity contribution in [2.24, 2.45) is 0 Å². The first kappa shape index (κ1) is 26.7. The molecule has 0 amide bonds.